The van der Waals surface area contributed by atoms with E-state index in [0.717, 1.165) is 16.7 Å². The van der Waals surface area contributed by atoms with Crippen molar-refractivity contribution in [1.82, 2.24) is 0 Å². The largest absolute Gasteiger partial charge is 0.495 e. The monoisotopic (exact) mass is 265 g/mol. The topological polar surface area (TPSA) is 33.0 Å². The Balaban J connectivity index is 2.75. The van der Waals surface area contributed by atoms with E-state index in [-0.39, 0.29) is 5.41 Å². The van der Waals surface area contributed by atoms with Crippen molar-refractivity contribution in [3.63, 3.8) is 0 Å². The fraction of sp³-hybridized carbons (Fsp3) is 0.278. The molecule has 0 aliphatic carbocycles. The molecule has 0 saturated carbocycles. The Hall–Kier alpha value is -2.27. The van der Waals surface area contributed by atoms with Crippen LogP contribution in [0.2, 0.25) is 0 Å². The maximum Gasteiger partial charge on any atom is 0.144 e. The SMILES string of the molecule is COc1c(C#N)cc(C(C)(C)C)cc1-c1ccccc1. The summed E-state index contributed by atoms with van der Waals surface area (Å²) in [6.45, 7) is 6.43. The van der Waals surface area contributed by atoms with E-state index in [4.69, 9.17) is 4.74 Å². The minimum atomic E-state index is -0.0125. The summed E-state index contributed by atoms with van der Waals surface area (Å²) >= 11 is 0. The summed E-state index contributed by atoms with van der Waals surface area (Å²) in [7, 11) is 1.61. The van der Waals surface area contributed by atoms with Crippen LogP contribution in [0.1, 0.15) is 31.9 Å². The molecule has 2 heteroatoms. The van der Waals surface area contributed by atoms with Crippen molar-refractivity contribution >= 4 is 0 Å². The Bertz CT molecular complexity index is 646. The molecule has 20 heavy (non-hydrogen) atoms. The van der Waals surface area contributed by atoms with Gasteiger partial charge < -0.3 is 4.74 Å². The summed E-state index contributed by atoms with van der Waals surface area (Å²) in [6, 6.07) is 16.3. The van der Waals surface area contributed by atoms with Crippen LogP contribution in [0.4, 0.5) is 0 Å². The summed E-state index contributed by atoms with van der Waals surface area (Å²) in [4.78, 5) is 0. The van der Waals surface area contributed by atoms with Crippen molar-refractivity contribution in [2.24, 2.45) is 0 Å². The maximum atomic E-state index is 9.38. The number of rotatable bonds is 2. The summed E-state index contributed by atoms with van der Waals surface area (Å²) in [5, 5.41) is 9.38. The zero-order valence-corrected chi connectivity index (χ0v) is 12.4. The Morgan fingerprint density at radius 2 is 1.70 bits per heavy atom. The van der Waals surface area contributed by atoms with E-state index in [1.165, 1.54) is 0 Å². The van der Waals surface area contributed by atoms with E-state index >= 15 is 0 Å². The van der Waals surface area contributed by atoms with Crippen molar-refractivity contribution in [3.05, 3.63) is 53.6 Å². The number of nitrogens with zero attached hydrogens (tertiary/aromatic N) is 1. The van der Waals surface area contributed by atoms with E-state index in [2.05, 4.69) is 32.9 Å². The van der Waals surface area contributed by atoms with Gasteiger partial charge in [0, 0.05) is 5.56 Å². The van der Waals surface area contributed by atoms with Gasteiger partial charge in [0.1, 0.15) is 11.8 Å². The Morgan fingerprint density at radius 3 is 2.20 bits per heavy atom. The number of methoxy groups -OCH3 is 1. The highest BCUT2D eigenvalue weighted by Crippen LogP contribution is 2.37. The molecule has 0 spiro atoms. The van der Waals surface area contributed by atoms with E-state index in [0.29, 0.717) is 11.3 Å². The number of ether oxygens (including phenoxy) is 1. The minimum Gasteiger partial charge on any atom is -0.495 e. The number of hydrogen-bond donors (Lipinski definition) is 0. The van der Waals surface area contributed by atoms with Crippen LogP contribution in [-0.2, 0) is 5.41 Å². The molecule has 2 nitrogen and oxygen atoms in total. The molecular formula is C18H19NO. The van der Waals surface area contributed by atoms with Crippen LogP contribution in [0.25, 0.3) is 11.1 Å². The van der Waals surface area contributed by atoms with Gasteiger partial charge in [-0.25, -0.2) is 0 Å². The average Bonchev–Trinajstić information content (AvgIpc) is 2.45. The lowest BCUT2D eigenvalue weighted by molar-refractivity contribution is 0.414. The Kier molecular flexibility index (Phi) is 3.81. The lowest BCUT2D eigenvalue weighted by atomic mass is 9.84. The van der Waals surface area contributed by atoms with E-state index in [1.54, 1.807) is 7.11 Å². The molecule has 2 aromatic rings. The van der Waals surface area contributed by atoms with Crippen LogP contribution in [0.5, 0.6) is 5.75 Å². The van der Waals surface area contributed by atoms with Crippen LogP contribution < -0.4 is 4.74 Å². The second-order valence-electron chi connectivity index (χ2n) is 5.83. The van der Waals surface area contributed by atoms with Gasteiger partial charge in [-0.15, -0.1) is 0 Å². The van der Waals surface area contributed by atoms with Gasteiger partial charge in [-0.3, -0.25) is 0 Å². The van der Waals surface area contributed by atoms with Crippen molar-refractivity contribution in [3.8, 4) is 22.9 Å². The van der Waals surface area contributed by atoms with E-state index < -0.39 is 0 Å². The molecule has 0 amide bonds. The van der Waals surface area contributed by atoms with Gasteiger partial charge >= 0.3 is 0 Å². The smallest absolute Gasteiger partial charge is 0.144 e. The quantitative estimate of drug-likeness (QED) is 0.799. The van der Waals surface area contributed by atoms with Gasteiger partial charge in [0.15, 0.2) is 0 Å². The number of nitriles is 1. The molecule has 0 radical (unpaired) electrons. The summed E-state index contributed by atoms with van der Waals surface area (Å²) < 4.78 is 5.47. The number of hydrogen-bond acceptors (Lipinski definition) is 2. The van der Waals surface area contributed by atoms with E-state index in [9.17, 15) is 5.26 Å². The first-order valence-corrected chi connectivity index (χ1v) is 6.65. The van der Waals surface area contributed by atoms with Crippen molar-refractivity contribution in [2.45, 2.75) is 26.2 Å². The summed E-state index contributed by atoms with van der Waals surface area (Å²) in [6.07, 6.45) is 0. The molecule has 0 bridgehead atoms. The third-order valence-corrected chi connectivity index (χ3v) is 3.36. The first kappa shape index (κ1) is 14.1. The van der Waals surface area contributed by atoms with Crippen LogP contribution in [-0.4, -0.2) is 7.11 Å². The molecule has 0 fully saturated rings. The highest BCUT2D eigenvalue weighted by atomic mass is 16.5. The molecule has 102 valence electrons. The zero-order valence-electron chi connectivity index (χ0n) is 12.4. The fourth-order valence-corrected chi connectivity index (χ4v) is 2.20. The molecule has 0 N–H and O–H groups in total. The lowest BCUT2D eigenvalue weighted by Crippen LogP contribution is -2.12. The van der Waals surface area contributed by atoms with Crippen LogP contribution in [0, 0.1) is 11.3 Å². The average molecular weight is 265 g/mol. The molecular weight excluding hydrogens is 246 g/mol. The van der Waals surface area contributed by atoms with Gasteiger partial charge in [0.25, 0.3) is 0 Å². The highest BCUT2D eigenvalue weighted by Gasteiger charge is 2.20. The predicted molar refractivity (Wildman–Crippen MR) is 81.8 cm³/mol. The second kappa shape index (κ2) is 5.38. The third kappa shape index (κ3) is 2.67. The third-order valence-electron chi connectivity index (χ3n) is 3.36. The second-order valence-corrected chi connectivity index (χ2v) is 5.83. The molecule has 0 unspecified atom stereocenters. The normalized spacial score (nSPS) is 10.9. The lowest BCUT2D eigenvalue weighted by Gasteiger charge is -2.22. The van der Waals surface area contributed by atoms with Crippen molar-refractivity contribution in [1.29, 1.82) is 5.26 Å². The molecule has 0 aliphatic heterocycles. The van der Waals surface area contributed by atoms with E-state index in [1.807, 2.05) is 36.4 Å². The van der Waals surface area contributed by atoms with Crippen molar-refractivity contribution in [2.75, 3.05) is 7.11 Å². The zero-order chi connectivity index (χ0) is 14.8. The van der Waals surface area contributed by atoms with Gasteiger partial charge in [-0.1, -0.05) is 51.1 Å². The fourth-order valence-electron chi connectivity index (χ4n) is 2.20. The van der Waals surface area contributed by atoms with Crippen LogP contribution in [0.15, 0.2) is 42.5 Å². The molecule has 0 heterocycles. The first-order valence-electron chi connectivity index (χ1n) is 6.65. The minimum absolute atomic E-state index is 0.0125. The molecule has 2 rings (SSSR count). The van der Waals surface area contributed by atoms with Crippen LogP contribution >= 0.6 is 0 Å². The van der Waals surface area contributed by atoms with Gasteiger partial charge in [0.2, 0.25) is 0 Å². The standard InChI is InChI=1S/C18H19NO/c1-18(2,3)15-10-14(12-19)17(20-4)16(11-15)13-8-6-5-7-9-13/h5-11H,1-4H3. The van der Waals surface area contributed by atoms with Gasteiger partial charge in [-0.2, -0.15) is 5.26 Å². The summed E-state index contributed by atoms with van der Waals surface area (Å²) in [5.74, 6) is 0.645. The molecule has 0 atom stereocenters. The summed E-state index contributed by atoms with van der Waals surface area (Å²) in [5.41, 5.74) is 3.73. The maximum absolute atomic E-state index is 9.38. The number of benzene rings is 2. The molecule has 0 aromatic heterocycles. The molecule has 0 saturated heterocycles. The Labute approximate surface area is 120 Å². The van der Waals surface area contributed by atoms with Crippen molar-refractivity contribution < 1.29 is 4.74 Å². The highest BCUT2D eigenvalue weighted by molar-refractivity contribution is 5.75. The Morgan fingerprint density at radius 1 is 1.05 bits per heavy atom. The molecule has 0 aliphatic rings. The predicted octanol–water partition coefficient (Wildman–Crippen LogP) is 4.53. The van der Waals surface area contributed by atoms with Crippen LogP contribution in [0.3, 0.4) is 0 Å². The van der Waals surface area contributed by atoms with Gasteiger partial charge in [-0.05, 0) is 28.7 Å². The molecule has 2 aromatic carbocycles. The first-order chi connectivity index (χ1) is 9.47. The van der Waals surface area contributed by atoms with Gasteiger partial charge in [0.05, 0.1) is 12.7 Å².